The second-order valence-electron chi connectivity index (χ2n) is 9.19. The van der Waals surface area contributed by atoms with Crippen molar-refractivity contribution >= 4 is 39.2 Å². The van der Waals surface area contributed by atoms with Crippen LogP contribution in [0.15, 0.2) is 73.3 Å². The summed E-state index contributed by atoms with van der Waals surface area (Å²) in [4.78, 5) is 28.0. The summed E-state index contributed by atoms with van der Waals surface area (Å²) in [5.41, 5.74) is 3.56. The first-order valence-electron chi connectivity index (χ1n) is 12.5. The number of aromatic nitrogens is 5. The third-order valence-electron chi connectivity index (χ3n) is 6.64. The third-order valence-corrected chi connectivity index (χ3v) is 6.64. The Labute approximate surface area is 214 Å². The fraction of sp³-hybridized carbons (Fsp3) is 0.250. The van der Waals surface area contributed by atoms with E-state index in [4.69, 9.17) is 4.74 Å². The molecular weight excluding hydrogens is 466 g/mol. The average molecular weight is 494 g/mol. The lowest BCUT2D eigenvalue weighted by molar-refractivity contribution is -0.136. The predicted octanol–water partition coefficient (Wildman–Crippen LogP) is 4.56. The first-order chi connectivity index (χ1) is 18.2. The molecule has 1 aliphatic rings. The van der Waals surface area contributed by atoms with Crippen molar-refractivity contribution in [1.29, 1.82) is 0 Å². The lowest BCUT2D eigenvalue weighted by atomic mass is 10.2. The Hall–Kier alpha value is -4.53. The first-order valence-corrected chi connectivity index (χ1v) is 12.5. The van der Waals surface area contributed by atoms with Crippen LogP contribution in [-0.2, 0) is 11.3 Å². The van der Waals surface area contributed by atoms with E-state index in [1.807, 2.05) is 70.4 Å². The number of likely N-dealkylation sites (tertiary alicyclic amines) is 1. The van der Waals surface area contributed by atoms with E-state index in [1.54, 1.807) is 13.1 Å². The van der Waals surface area contributed by atoms with Crippen LogP contribution in [0, 0.1) is 0 Å². The molecule has 0 unspecified atom stereocenters. The molecule has 1 N–H and O–H groups in total. The van der Waals surface area contributed by atoms with Crippen LogP contribution in [0.2, 0.25) is 0 Å². The SMILES string of the molecule is C[C@@H](Oc1cccc2ncnc(Nc3ccc4c(cnn4Cc4ccccn4)c3)c12)C(=O)N1CCCC1. The van der Waals surface area contributed by atoms with Gasteiger partial charge < -0.3 is 15.0 Å². The summed E-state index contributed by atoms with van der Waals surface area (Å²) in [7, 11) is 0. The topological polar surface area (TPSA) is 98.1 Å². The van der Waals surface area contributed by atoms with Gasteiger partial charge >= 0.3 is 0 Å². The minimum Gasteiger partial charge on any atom is -0.480 e. The van der Waals surface area contributed by atoms with Crippen molar-refractivity contribution in [2.24, 2.45) is 0 Å². The number of ether oxygens (including phenoxy) is 1. The lowest BCUT2D eigenvalue weighted by Gasteiger charge is -2.22. The van der Waals surface area contributed by atoms with Gasteiger partial charge in [0.1, 0.15) is 17.9 Å². The van der Waals surface area contributed by atoms with Crippen LogP contribution in [0.25, 0.3) is 21.8 Å². The minimum absolute atomic E-state index is 0.00836. The normalized spacial score (nSPS) is 14.2. The standard InChI is InChI=1S/C28H27N7O2/c1-19(28(36)34-13-4-5-14-34)37-25-9-6-8-23-26(25)27(31-18-30-23)33-21-10-11-24-20(15-21)16-32-35(24)17-22-7-2-3-12-29-22/h2-3,6-12,15-16,18-19H,4-5,13-14,17H2,1H3,(H,30,31,33)/t19-/m1/s1. The van der Waals surface area contributed by atoms with Gasteiger partial charge in [-0.1, -0.05) is 12.1 Å². The largest absolute Gasteiger partial charge is 0.480 e. The molecule has 3 aromatic heterocycles. The Balaban J connectivity index is 1.27. The molecule has 186 valence electrons. The molecule has 1 saturated heterocycles. The molecular formula is C28H27N7O2. The summed E-state index contributed by atoms with van der Waals surface area (Å²) >= 11 is 0. The number of pyridine rings is 1. The maximum atomic E-state index is 12.8. The summed E-state index contributed by atoms with van der Waals surface area (Å²) in [6.45, 7) is 3.98. The van der Waals surface area contributed by atoms with Gasteiger partial charge in [-0.3, -0.25) is 14.5 Å². The predicted molar refractivity (Wildman–Crippen MR) is 142 cm³/mol. The molecule has 1 atom stereocenters. The van der Waals surface area contributed by atoms with Gasteiger partial charge in [-0.25, -0.2) is 9.97 Å². The van der Waals surface area contributed by atoms with E-state index >= 15 is 0 Å². The van der Waals surface area contributed by atoms with E-state index < -0.39 is 6.10 Å². The van der Waals surface area contributed by atoms with E-state index in [1.165, 1.54) is 6.33 Å². The summed E-state index contributed by atoms with van der Waals surface area (Å²) < 4.78 is 8.12. The monoisotopic (exact) mass is 493 g/mol. The van der Waals surface area contributed by atoms with Crippen LogP contribution in [0.1, 0.15) is 25.5 Å². The molecule has 9 nitrogen and oxygen atoms in total. The van der Waals surface area contributed by atoms with Gasteiger partial charge in [-0.15, -0.1) is 0 Å². The van der Waals surface area contributed by atoms with Gasteiger partial charge in [0, 0.05) is 30.4 Å². The smallest absolute Gasteiger partial charge is 0.263 e. The minimum atomic E-state index is -0.599. The van der Waals surface area contributed by atoms with E-state index in [0.717, 1.165) is 59.1 Å². The van der Waals surface area contributed by atoms with Crippen molar-refractivity contribution in [3.05, 3.63) is 79.0 Å². The maximum absolute atomic E-state index is 12.8. The number of benzene rings is 2. The number of fused-ring (bicyclic) bond motifs is 2. The quantitative estimate of drug-likeness (QED) is 0.355. The second kappa shape index (κ2) is 9.85. The molecule has 37 heavy (non-hydrogen) atoms. The van der Waals surface area contributed by atoms with Crippen LogP contribution in [0.5, 0.6) is 5.75 Å². The van der Waals surface area contributed by atoms with E-state index in [0.29, 0.717) is 18.1 Å². The average Bonchev–Trinajstić information content (AvgIpc) is 3.60. The number of rotatable bonds is 7. The number of nitrogens with zero attached hydrogens (tertiary/aromatic N) is 6. The zero-order chi connectivity index (χ0) is 25.2. The number of carbonyl (C=O) groups excluding carboxylic acids is 1. The Morgan fingerprint density at radius 2 is 1.95 bits per heavy atom. The Bertz CT molecular complexity index is 1560. The van der Waals surface area contributed by atoms with Crippen molar-refractivity contribution in [2.75, 3.05) is 18.4 Å². The Kier molecular flexibility index (Phi) is 6.10. The highest BCUT2D eigenvalue weighted by Crippen LogP contribution is 2.33. The number of carbonyl (C=O) groups is 1. The number of amides is 1. The van der Waals surface area contributed by atoms with E-state index in [9.17, 15) is 4.79 Å². The summed E-state index contributed by atoms with van der Waals surface area (Å²) in [5, 5.41) is 9.71. The molecule has 5 aromatic rings. The summed E-state index contributed by atoms with van der Waals surface area (Å²) in [6, 6.07) is 17.6. The molecule has 9 heteroatoms. The molecule has 2 aromatic carbocycles. The third kappa shape index (κ3) is 4.67. The van der Waals surface area contributed by atoms with Crippen LogP contribution >= 0.6 is 0 Å². The van der Waals surface area contributed by atoms with Crippen LogP contribution in [0.3, 0.4) is 0 Å². The van der Waals surface area contributed by atoms with Crippen molar-refractivity contribution in [3.8, 4) is 5.75 Å². The van der Waals surface area contributed by atoms with Gasteiger partial charge in [0.25, 0.3) is 5.91 Å². The molecule has 1 fully saturated rings. The van der Waals surface area contributed by atoms with Crippen molar-refractivity contribution < 1.29 is 9.53 Å². The molecule has 0 spiro atoms. The van der Waals surface area contributed by atoms with Crippen molar-refractivity contribution in [3.63, 3.8) is 0 Å². The molecule has 4 heterocycles. The number of nitrogens with one attached hydrogen (secondary N) is 1. The lowest BCUT2D eigenvalue weighted by Crippen LogP contribution is -2.38. The van der Waals surface area contributed by atoms with Crippen molar-refractivity contribution in [1.82, 2.24) is 29.6 Å². The van der Waals surface area contributed by atoms with E-state index in [2.05, 4.69) is 25.4 Å². The van der Waals surface area contributed by atoms with Crippen molar-refractivity contribution in [2.45, 2.75) is 32.4 Å². The van der Waals surface area contributed by atoms with Gasteiger partial charge in [0.2, 0.25) is 0 Å². The number of anilines is 2. The molecule has 0 bridgehead atoms. The highest BCUT2D eigenvalue weighted by molar-refractivity contribution is 5.97. The van der Waals surface area contributed by atoms with Gasteiger partial charge in [-0.05, 0) is 62.2 Å². The van der Waals surface area contributed by atoms with Crippen LogP contribution in [-0.4, -0.2) is 54.7 Å². The first kappa shape index (κ1) is 22.9. The molecule has 1 amide bonds. The Morgan fingerprint density at radius 3 is 2.78 bits per heavy atom. The fourth-order valence-corrected chi connectivity index (χ4v) is 4.78. The zero-order valence-corrected chi connectivity index (χ0v) is 20.5. The second-order valence-corrected chi connectivity index (χ2v) is 9.19. The van der Waals surface area contributed by atoms with Gasteiger partial charge in [0.15, 0.2) is 6.10 Å². The highest BCUT2D eigenvalue weighted by atomic mass is 16.5. The van der Waals surface area contributed by atoms with Crippen LogP contribution < -0.4 is 10.1 Å². The van der Waals surface area contributed by atoms with Gasteiger partial charge in [-0.2, -0.15) is 5.10 Å². The maximum Gasteiger partial charge on any atom is 0.263 e. The Morgan fingerprint density at radius 1 is 1.05 bits per heavy atom. The summed E-state index contributed by atoms with van der Waals surface area (Å²) in [5.74, 6) is 1.19. The number of hydrogen-bond acceptors (Lipinski definition) is 7. The summed E-state index contributed by atoms with van der Waals surface area (Å²) in [6.07, 6.45) is 6.65. The molecule has 6 rings (SSSR count). The zero-order valence-electron chi connectivity index (χ0n) is 20.5. The van der Waals surface area contributed by atoms with E-state index in [-0.39, 0.29) is 5.91 Å². The molecule has 1 aliphatic heterocycles. The van der Waals surface area contributed by atoms with Gasteiger partial charge in [0.05, 0.1) is 34.9 Å². The number of hydrogen-bond donors (Lipinski definition) is 1. The molecule has 0 radical (unpaired) electrons. The molecule has 0 saturated carbocycles. The van der Waals surface area contributed by atoms with Crippen LogP contribution in [0.4, 0.5) is 11.5 Å². The highest BCUT2D eigenvalue weighted by Gasteiger charge is 2.25. The fourth-order valence-electron chi connectivity index (χ4n) is 4.78. The molecule has 0 aliphatic carbocycles.